The van der Waals surface area contributed by atoms with E-state index < -0.39 is 0 Å². The summed E-state index contributed by atoms with van der Waals surface area (Å²) in [4.78, 5) is 11.3. The van der Waals surface area contributed by atoms with Crippen molar-refractivity contribution in [3.05, 3.63) is 29.8 Å². The minimum absolute atomic E-state index is 0.218. The van der Waals surface area contributed by atoms with Crippen molar-refractivity contribution >= 4 is 28.8 Å². The molecule has 0 unspecified atom stereocenters. The van der Waals surface area contributed by atoms with Crippen LogP contribution in [0.2, 0.25) is 0 Å². The molecule has 0 saturated heterocycles. The molecule has 0 aliphatic heterocycles. The van der Waals surface area contributed by atoms with Gasteiger partial charge in [-0.25, -0.2) is 3.53 Å². The van der Waals surface area contributed by atoms with Gasteiger partial charge in [0.2, 0.25) is 0 Å². The summed E-state index contributed by atoms with van der Waals surface area (Å²) < 4.78 is 7.49. The number of nitrogens with one attached hydrogen (secondary N) is 1. The van der Waals surface area contributed by atoms with E-state index in [9.17, 15) is 4.79 Å². The lowest BCUT2D eigenvalue weighted by atomic mass is 10.1. The van der Waals surface area contributed by atoms with E-state index in [0.29, 0.717) is 6.42 Å². The molecule has 0 heterocycles. The summed E-state index contributed by atoms with van der Waals surface area (Å²) in [6, 6.07) is 6.38. The Hall–Kier alpha value is -0.820. The molecule has 1 atom stereocenters. The lowest BCUT2D eigenvalue weighted by Crippen LogP contribution is -2.33. The molecular weight excluding hydrogens is 307 g/mol. The molecule has 1 aromatic rings. The summed E-state index contributed by atoms with van der Waals surface area (Å²) in [6.07, 6.45) is 0.538. The van der Waals surface area contributed by atoms with Crippen LogP contribution in [-0.4, -0.2) is 24.2 Å². The van der Waals surface area contributed by atoms with Crippen molar-refractivity contribution in [3.8, 4) is 5.75 Å². The summed E-state index contributed by atoms with van der Waals surface area (Å²) >= 11 is 1.92. The second-order valence-electron chi connectivity index (χ2n) is 3.06. The summed E-state index contributed by atoms with van der Waals surface area (Å²) in [7, 11) is 1.36. The average Bonchev–Trinajstić information content (AvgIpc) is 2.27. The molecule has 0 bridgehead atoms. The minimum Gasteiger partial charge on any atom is -0.508 e. The van der Waals surface area contributed by atoms with E-state index >= 15 is 0 Å². The Morgan fingerprint density at radius 2 is 2.13 bits per heavy atom. The van der Waals surface area contributed by atoms with E-state index in [0.717, 1.165) is 5.56 Å². The first-order valence-corrected chi connectivity index (χ1v) is 5.47. The predicted molar refractivity (Wildman–Crippen MR) is 64.8 cm³/mol. The lowest BCUT2D eigenvalue weighted by Gasteiger charge is -2.12. The van der Waals surface area contributed by atoms with Crippen LogP contribution >= 0.6 is 22.9 Å². The summed E-state index contributed by atoms with van der Waals surface area (Å²) in [5.74, 6) is -0.0757. The van der Waals surface area contributed by atoms with Crippen molar-refractivity contribution in [2.75, 3.05) is 7.11 Å². The van der Waals surface area contributed by atoms with Crippen LogP contribution in [0.1, 0.15) is 5.56 Å². The fourth-order valence-electron chi connectivity index (χ4n) is 1.18. The van der Waals surface area contributed by atoms with Crippen molar-refractivity contribution in [2.24, 2.45) is 0 Å². The number of carbonyl (C=O) groups is 1. The highest BCUT2D eigenvalue weighted by atomic mass is 125. The Morgan fingerprint density at radius 3 is 2.60 bits per heavy atom. The van der Waals surface area contributed by atoms with Gasteiger partial charge in [0.05, 0.1) is 7.11 Å². The average molecular weight is 319 g/mol. The monoisotopic (exact) mass is 319 g/mol. The number of phenolic OH excluding ortho intramolecular Hbond substituents is 1. The zero-order valence-corrected chi connectivity index (χ0v) is 10.4. The summed E-state index contributed by atoms with van der Waals surface area (Å²) in [5, 5.41) is 9.09. The molecule has 0 aliphatic rings. The predicted octanol–water partition coefficient (Wildman–Crippen LogP) is 1.42. The van der Waals surface area contributed by atoms with Gasteiger partial charge in [-0.2, -0.15) is 0 Å². The van der Waals surface area contributed by atoms with E-state index in [1.807, 2.05) is 22.9 Å². The van der Waals surface area contributed by atoms with Gasteiger partial charge in [-0.15, -0.1) is 0 Å². The van der Waals surface area contributed by atoms with Gasteiger partial charge in [0, 0.05) is 22.9 Å². The molecule has 2 N–H and O–H groups in total. The van der Waals surface area contributed by atoms with E-state index in [1.165, 1.54) is 7.11 Å². The number of hydrogen-bond donors (Lipinski definition) is 2. The minimum atomic E-state index is -0.361. The zero-order chi connectivity index (χ0) is 11.3. The second-order valence-corrected chi connectivity index (χ2v) is 3.68. The van der Waals surface area contributed by atoms with Crippen LogP contribution in [0.3, 0.4) is 0 Å². The second kappa shape index (κ2) is 5.92. The molecule has 0 amide bonds. The third-order valence-corrected chi connectivity index (χ3v) is 2.75. The molecule has 0 aliphatic carbocycles. The first-order valence-electron chi connectivity index (χ1n) is 4.39. The number of methoxy groups -OCH3 is 1. The Labute approximate surface area is 102 Å². The quantitative estimate of drug-likeness (QED) is 0.501. The van der Waals surface area contributed by atoms with E-state index in [2.05, 4.69) is 8.27 Å². The number of rotatable bonds is 4. The van der Waals surface area contributed by atoms with Gasteiger partial charge >= 0.3 is 5.97 Å². The molecular formula is C10H12INO3. The van der Waals surface area contributed by atoms with E-state index in [-0.39, 0.29) is 17.8 Å². The Bertz CT molecular complexity index is 326. The molecule has 0 saturated carbocycles. The third-order valence-electron chi connectivity index (χ3n) is 1.99. The van der Waals surface area contributed by atoms with Crippen molar-refractivity contribution in [1.29, 1.82) is 0 Å². The molecule has 4 nitrogen and oxygen atoms in total. The molecule has 0 radical (unpaired) electrons. The Kier molecular flexibility index (Phi) is 4.83. The summed E-state index contributed by atoms with van der Waals surface area (Å²) in [6.45, 7) is 0. The first kappa shape index (κ1) is 12.3. The third kappa shape index (κ3) is 3.67. The Morgan fingerprint density at radius 1 is 1.53 bits per heavy atom. The first-order chi connectivity index (χ1) is 7.17. The standard InChI is InChI=1S/C10H12INO3/c1-15-10(14)9(12-11)6-7-2-4-8(13)5-3-7/h2-5,9,12-13H,6H2,1H3/t9-/m0/s1/i11-2. The largest absolute Gasteiger partial charge is 0.508 e. The van der Waals surface area contributed by atoms with Crippen LogP contribution in [-0.2, 0) is 16.0 Å². The molecule has 15 heavy (non-hydrogen) atoms. The van der Waals surface area contributed by atoms with Gasteiger partial charge in [0.1, 0.15) is 11.8 Å². The van der Waals surface area contributed by atoms with Crippen LogP contribution in [0.4, 0.5) is 0 Å². The molecule has 1 aromatic carbocycles. The molecule has 0 spiro atoms. The van der Waals surface area contributed by atoms with Gasteiger partial charge in [-0.3, -0.25) is 4.79 Å². The topological polar surface area (TPSA) is 58.6 Å². The maximum atomic E-state index is 11.3. The highest BCUT2D eigenvalue weighted by Gasteiger charge is 2.17. The van der Waals surface area contributed by atoms with Crippen molar-refractivity contribution in [1.82, 2.24) is 3.53 Å². The molecule has 0 fully saturated rings. The molecule has 5 heteroatoms. The highest BCUT2D eigenvalue weighted by Crippen LogP contribution is 2.12. The number of phenols is 1. The SMILES string of the molecule is COC(=O)[C@H](Cc1ccc(O)cc1)N[125I]. The number of ether oxygens (including phenoxy) is 1. The van der Waals surface area contributed by atoms with Crippen molar-refractivity contribution < 1.29 is 14.6 Å². The van der Waals surface area contributed by atoms with Gasteiger partial charge in [-0.05, 0) is 24.1 Å². The van der Waals surface area contributed by atoms with Crippen LogP contribution in [0.15, 0.2) is 24.3 Å². The van der Waals surface area contributed by atoms with Crippen LogP contribution in [0.5, 0.6) is 5.75 Å². The zero-order valence-electron chi connectivity index (χ0n) is 8.24. The number of benzene rings is 1. The smallest absolute Gasteiger partial charge is 0.323 e. The number of aromatic hydroxyl groups is 1. The van der Waals surface area contributed by atoms with Gasteiger partial charge in [0.15, 0.2) is 0 Å². The lowest BCUT2D eigenvalue weighted by molar-refractivity contribution is -0.142. The molecule has 1 rings (SSSR count). The fraction of sp³-hybridized carbons (Fsp3) is 0.300. The van der Waals surface area contributed by atoms with Crippen LogP contribution in [0, 0.1) is 0 Å². The number of hydrogen-bond acceptors (Lipinski definition) is 4. The normalized spacial score (nSPS) is 12.1. The van der Waals surface area contributed by atoms with E-state index in [1.54, 1.807) is 24.3 Å². The van der Waals surface area contributed by atoms with E-state index in [4.69, 9.17) is 5.11 Å². The van der Waals surface area contributed by atoms with Gasteiger partial charge in [0.25, 0.3) is 0 Å². The van der Waals surface area contributed by atoms with Crippen molar-refractivity contribution in [3.63, 3.8) is 0 Å². The van der Waals surface area contributed by atoms with Crippen LogP contribution < -0.4 is 3.53 Å². The maximum absolute atomic E-state index is 11.3. The number of carbonyl (C=O) groups excluding carboxylic acids is 1. The number of esters is 1. The molecule has 82 valence electrons. The Balaban J connectivity index is 2.66. The van der Waals surface area contributed by atoms with Crippen LogP contribution in [0.25, 0.3) is 0 Å². The molecule has 0 aromatic heterocycles. The van der Waals surface area contributed by atoms with Crippen molar-refractivity contribution in [2.45, 2.75) is 12.5 Å². The number of halogens is 1. The highest BCUT2D eigenvalue weighted by molar-refractivity contribution is 14.1. The fourth-order valence-corrected chi connectivity index (χ4v) is 1.65. The summed E-state index contributed by atoms with van der Waals surface area (Å²) in [5.41, 5.74) is 0.965. The van der Waals surface area contributed by atoms with Gasteiger partial charge in [-0.1, -0.05) is 12.1 Å². The van der Waals surface area contributed by atoms with Gasteiger partial charge < -0.3 is 9.84 Å². The maximum Gasteiger partial charge on any atom is 0.323 e.